The van der Waals surface area contributed by atoms with Crippen LogP contribution in [-0.4, -0.2) is 79.9 Å². The van der Waals surface area contributed by atoms with Crippen molar-refractivity contribution in [3.63, 3.8) is 0 Å². The number of carbonyl (C=O) groups is 2. The van der Waals surface area contributed by atoms with Gasteiger partial charge in [-0.25, -0.2) is 0 Å². The summed E-state index contributed by atoms with van der Waals surface area (Å²) in [7, 11) is 3.56. The van der Waals surface area contributed by atoms with Crippen LogP contribution in [0, 0.1) is 0 Å². The number of hydrogen-bond acceptors (Lipinski definition) is 4. The predicted octanol–water partition coefficient (Wildman–Crippen LogP) is 1.76. The lowest BCUT2D eigenvalue weighted by Gasteiger charge is -2.22. The van der Waals surface area contributed by atoms with Crippen molar-refractivity contribution in [1.29, 1.82) is 0 Å². The number of likely N-dealkylation sites (N-methyl/N-ethyl adjacent to an activating group) is 1. The highest BCUT2D eigenvalue weighted by molar-refractivity contribution is 6.33. The first-order chi connectivity index (χ1) is 12.0. The summed E-state index contributed by atoms with van der Waals surface area (Å²) in [6, 6.07) is 7.24. The summed E-state index contributed by atoms with van der Waals surface area (Å²) in [5, 5.41) is 3.40. The van der Waals surface area contributed by atoms with Crippen LogP contribution >= 0.6 is 11.6 Å². The Morgan fingerprint density at radius 1 is 1.12 bits per heavy atom. The van der Waals surface area contributed by atoms with Crippen molar-refractivity contribution in [3.05, 3.63) is 29.3 Å². The van der Waals surface area contributed by atoms with Crippen molar-refractivity contribution in [1.82, 2.24) is 14.7 Å². The number of para-hydroxylation sites is 1. The summed E-state index contributed by atoms with van der Waals surface area (Å²) in [6.07, 6.45) is 1.44. The first-order valence-electron chi connectivity index (χ1n) is 8.65. The van der Waals surface area contributed by atoms with Gasteiger partial charge in [-0.05, 0) is 31.6 Å². The Kier molecular flexibility index (Phi) is 7.68. The maximum Gasteiger partial charge on any atom is 0.236 e. The highest BCUT2D eigenvalue weighted by atomic mass is 35.5. The summed E-state index contributed by atoms with van der Waals surface area (Å²) in [5.74, 6) is 0.101. The van der Waals surface area contributed by atoms with E-state index in [-0.39, 0.29) is 11.8 Å². The molecule has 1 aliphatic heterocycles. The van der Waals surface area contributed by atoms with Gasteiger partial charge in [0.25, 0.3) is 0 Å². The van der Waals surface area contributed by atoms with Crippen LogP contribution in [0.15, 0.2) is 24.3 Å². The second-order valence-corrected chi connectivity index (χ2v) is 6.94. The van der Waals surface area contributed by atoms with Crippen LogP contribution < -0.4 is 5.32 Å². The number of amides is 2. The van der Waals surface area contributed by atoms with E-state index in [1.165, 1.54) is 0 Å². The summed E-state index contributed by atoms with van der Waals surface area (Å²) in [5.41, 5.74) is 0.651. The van der Waals surface area contributed by atoms with Crippen LogP contribution in [0.3, 0.4) is 0 Å². The van der Waals surface area contributed by atoms with E-state index in [0.717, 1.165) is 32.6 Å². The van der Waals surface area contributed by atoms with Gasteiger partial charge in [-0.2, -0.15) is 0 Å². The van der Waals surface area contributed by atoms with E-state index >= 15 is 0 Å². The molecular weight excluding hydrogens is 340 g/mol. The second-order valence-electron chi connectivity index (χ2n) is 6.54. The molecule has 138 valence electrons. The molecule has 1 fully saturated rings. The van der Waals surface area contributed by atoms with Crippen LogP contribution in [0.1, 0.15) is 12.8 Å². The molecule has 0 unspecified atom stereocenters. The maximum atomic E-state index is 12.1. The number of benzene rings is 1. The van der Waals surface area contributed by atoms with E-state index in [1.54, 1.807) is 31.1 Å². The molecule has 7 heteroatoms. The fourth-order valence-electron chi connectivity index (χ4n) is 2.77. The molecule has 1 N–H and O–H groups in total. The highest BCUT2D eigenvalue weighted by Crippen LogP contribution is 2.20. The van der Waals surface area contributed by atoms with Crippen molar-refractivity contribution in [2.75, 3.05) is 58.7 Å². The van der Waals surface area contributed by atoms with E-state index < -0.39 is 0 Å². The molecule has 1 aromatic rings. The Bertz CT molecular complexity index is 594. The molecule has 1 heterocycles. The fraction of sp³-hybridized carbons (Fsp3) is 0.556. The first-order valence-corrected chi connectivity index (χ1v) is 9.03. The van der Waals surface area contributed by atoms with Crippen LogP contribution in [0.25, 0.3) is 0 Å². The van der Waals surface area contributed by atoms with Crippen molar-refractivity contribution in [2.45, 2.75) is 12.8 Å². The zero-order valence-corrected chi connectivity index (χ0v) is 15.8. The molecule has 0 saturated carbocycles. The lowest BCUT2D eigenvalue weighted by Crippen LogP contribution is -2.39. The van der Waals surface area contributed by atoms with Crippen molar-refractivity contribution in [2.24, 2.45) is 0 Å². The Hall–Kier alpha value is -1.63. The third-order valence-corrected chi connectivity index (χ3v) is 4.67. The summed E-state index contributed by atoms with van der Waals surface area (Å²) in [4.78, 5) is 30.0. The zero-order chi connectivity index (χ0) is 18.2. The van der Waals surface area contributed by atoms with Gasteiger partial charge in [-0.15, -0.1) is 0 Å². The molecule has 2 amide bonds. The van der Waals surface area contributed by atoms with Gasteiger partial charge in [0, 0.05) is 40.2 Å². The minimum absolute atomic E-state index is 0.0306. The molecule has 0 aromatic heterocycles. The molecule has 2 rings (SSSR count). The van der Waals surface area contributed by atoms with Gasteiger partial charge in [-0.1, -0.05) is 23.7 Å². The number of nitrogens with one attached hydrogen (secondary N) is 1. The minimum Gasteiger partial charge on any atom is -0.348 e. The first kappa shape index (κ1) is 19.7. The fourth-order valence-corrected chi connectivity index (χ4v) is 2.96. The molecule has 0 spiro atoms. The lowest BCUT2D eigenvalue weighted by molar-refractivity contribution is -0.129. The van der Waals surface area contributed by atoms with Crippen molar-refractivity contribution in [3.8, 4) is 0 Å². The molecule has 1 aliphatic rings. The molecule has 0 bridgehead atoms. The van der Waals surface area contributed by atoms with Gasteiger partial charge in [0.1, 0.15) is 0 Å². The van der Waals surface area contributed by atoms with Gasteiger partial charge in [0.2, 0.25) is 11.8 Å². The highest BCUT2D eigenvalue weighted by Gasteiger charge is 2.18. The number of halogens is 1. The van der Waals surface area contributed by atoms with Gasteiger partial charge < -0.3 is 15.1 Å². The van der Waals surface area contributed by atoms with E-state index in [0.29, 0.717) is 30.2 Å². The van der Waals surface area contributed by atoms with Gasteiger partial charge in [0.15, 0.2) is 0 Å². The monoisotopic (exact) mass is 366 g/mol. The molecular formula is C18H27ClN4O2. The topological polar surface area (TPSA) is 55.9 Å². The standard InChI is InChI=1S/C18H27ClN4O2/c1-21(2)18(25)14-23-10-5-9-22(12-13-23)11-8-17(24)20-16-7-4-3-6-15(16)19/h3-4,6-7H,5,8-14H2,1-2H3,(H,20,24). The third kappa shape index (κ3) is 6.65. The number of carbonyl (C=O) groups excluding carboxylic acids is 2. The summed E-state index contributed by atoms with van der Waals surface area (Å²) in [6.45, 7) is 4.78. The van der Waals surface area contributed by atoms with Gasteiger partial charge in [0.05, 0.1) is 17.3 Å². The second kappa shape index (κ2) is 9.75. The molecule has 0 radical (unpaired) electrons. The smallest absolute Gasteiger partial charge is 0.236 e. The molecule has 0 aliphatic carbocycles. The Morgan fingerprint density at radius 3 is 2.52 bits per heavy atom. The van der Waals surface area contributed by atoms with E-state index in [4.69, 9.17) is 11.6 Å². The predicted molar refractivity (Wildman–Crippen MR) is 101 cm³/mol. The van der Waals surface area contributed by atoms with Crippen LogP contribution in [-0.2, 0) is 9.59 Å². The van der Waals surface area contributed by atoms with Crippen molar-refractivity contribution < 1.29 is 9.59 Å². The number of nitrogens with zero attached hydrogens (tertiary/aromatic N) is 3. The van der Waals surface area contributed by atoms with Gasteiger partial charge >= 0.3 is 0 Å². The van der Waals surface area contributed by atoms with Crippen molar-refractivity contribution >= 4 is 29.1 Å². The van der Waals surface area contributed by atoms with Crippen LogP contribution in [0.5, 0.6) is 0 Å². The average Bonchev–Trinajstić information content (AvgIpc) is 2.80. The van der Waals surface area contributed by atoms with Crippen LogP contribution in [0.2, 0.25) is 5.02 Å². The largest absolute Gasteiger partial charge is 0.348 e. The summed E-state index contributed by atoms with van der Waals surface area (Å²) < 4.78 is 0. The number of hydrogen-bond donors (Lipinski definition) is 1. The quantitative estimate of drug-likeness (QED) is 0.833. The molecule has 1 aromatic carbocycles. The van der Waals surface area contributed by atoms with E-state index in [9.17, 15) is 9.59 Å². The van der Waals surface area contributed by atoms with E-state index in [2.05, 4.69) is 15.1 Å². The third-order valence-electron chi connectivity index (χ3n) is 4.34. The Balaban J connectivity index is 1.73. The summed E-state index contributed by atoms with van der Waals surface area (Å²) >= 11 is 6.06. The zero-order valence-electron chi connectivity index (χ0n) is 15.0. The molecule has 1 saturated heterocycles. The minimum atomic E-state index is -0.0306. The SMILES string of the molecule is CN(C)C(=O)CN1CCCN(CCC(=O)Nc2ccccc2Cl)CC1. The van der Waals surface area contributed by atoms with E-state index in [1.807, 2.05) is 12.1 Å². The average molecular weight is 367 g/mol. The molecule has 0 atom stereocenters. The maximum absolute atomic E-state index is 12.1. The lowest BCUT2D eigenvalue weighted by atomic mass is 10.3. The van der Waals surface area contributed by atoms with Crippen LogP contribution in [0.4, 0.5) is 5.69 Å². The Morgan fingerprint density at radius 2 is 1.80 bits per heavy atom. The number of rotatable bonds is 6. The number of anilines is 1. The van der Waals surface area contributed by atoms with Gasteiger partial charge in [-0.3, -0.25) is 14.5 Å². The Labute approximate surface area is 154 Å². The molecule has 25 heavy (non-hydrogen) atoms. The molecule has 6 nitrogen and oxygen atoms in total. The normalized spacial score (nSPS) is 16.3.